The minimum absolute atomic E-state index is 0.116. The van der Waals surface area contributed by atoms with Crippen LogP contribution in [0.15, 0.2) is 54.4 Å². The van der Waals surface area contributed by atoms with Gasteiger partial charge in [-0.25, -0.2) is 0 Å². The third-order valence-electron chi connectivity index (χ3n) is 5.01. The summed E-state index contributed by atoms with van der Waals surface area (Å²) in [5.74, 6) is 0. The first-order chi connectivity index (χ1) is 13.8. The van der Waals surface area contributed by atoms with Gasteiger partial charge < -0.3 is 10.8 Å². The van der Waals surface area contributed by atoms with Crippen molar-refractivity contribution in [2.75, 3.05) is 5.73 Å². The Morgan fingerprint density at radius 1 is 1.07 bits per heavy atom. The average Bonchev–Trinajstić information content (AvgIpc) is 3.02. The fourth-order valence-corrected chi connectivity index (χ4v) is 3.75. The molecule has 4 nitrogen and oxygen atoms in total. The molecule has 2 heterocycles. The van der Waals surface area contributed by atoms with Crippen molar-refractivity contribution in [3.8, 4) is 22.4 Å². The number of aliphatic hydroxyl groups is 1. The second-order valence-electron chi connectivity index (χ2n) is 7.06. The minimum Gasteiger partial charge on any atom is -0.399 e. The molecule has 0 saturated heterocycles. The Kier molecular flexibility index (Phi) is 4.62. The number of benzene rings is 1. The van der Waals surface area contributed by atoms with E-state index in [1.54, 1.807) is 42.7 Å². The molecule has 0 saturated carbocycles. The van der Waals surface area contributed by atoms with Crippen LogP contribution in [0, 0.1) is 0 Å². The standard InChI is InChI=1S/C22H18F3N3O/c1-12-5-19-18(20(12)22(23,24)25)9-16(10-28-19)14-6-15(8-17(26)7-14)21-13(11-29)3-2-4-27-21/h2-4,6-10,29H,5,11,26H2,1H3. The summed E-state index contributed by atoms with van der Waals surface area (Å²) in [7, 11) is 0. The smallest absolute Gasteiger partial charge is 0.399 e. The van der Waals surface area contributed by atoms with Gasteiger partial charge in [0.2, 0.25) is 0 Å². The molecule has 0 unspecified atom stereocenters. The lowest BCUT2D eigenvalue weighted by molar-refractivity contribution is -0.0691. The summed E-state index contributed by atoms with van der Waals surface area (Å²) in [6.07, 6.45) is -1.06. The predicted octanol–water partition coefficient (Wildman–Crippen LogP) is 4.78. The van der Waals surface area contributed by atoms with Crippen LogP contribution >= 0.6 is 0 Å². The molecule has 4 rings (SSSR count). The molecule has 148 valence electrons. The Morgan fingerprint density at radius 3 is 2.55 bits per heavy atom. The van der Waals surface area contributed by atoms with Gasteiger partial charge in [0.05, 0.1) is 23.6 Å². The van der Waals surface area contributed by atoms with Crippen LogP contribution in [0.1, 0.15) is 23.7 Å². The second kappa shape index (κ2) is 7.00. The summed E-state index contributed by atoms with van der Waals surface area (Å²) in [4.78, 5) is 8.60. The number of fused-ring (bicyclic) bond motifs is 1. The van der Waals surface area contributed by atoms with Crippen LogP contribution in [0.2, 0.25) is 0 Å². The highest BCUT2D eigenvalue weighted by Crippen LogP contribution is 2.44. The number of alkyl halides is 3. The van der Waals surface area contributed by atoms with Crippen molar-refractivity contribution in [3.05, 3.63) is 71.2 Å². The van der Waals surface area contributed by atoms with Gasteiger partial charge in [0.1, 0.15) is 0 Å². The van der Waals surface area contributed by atoms with Crippen molar-refractivity contribution in [1.82, 2.24) is 9.97 Å². The molecule has 1 aliphatic carbocycles. The number of nitrogens with zero attached hydrogens (tertiary/aromatic N) is 2. The summed E-state index contributed by atoms with van der Waals surface area (Å²) in [6, 6.07) is 10.2. The highest BCUT2D eigenvalue weighted by atomic mass is 19.4. The van der Waals surface area contributed by atoms with Gasteiger partial charge in [-0.2, -0.15) is 13.2 Å². The van der Waals surface area contributed by atoms with Gasteiger partial charge >= 0.3 is 6.18 Å². The number of rotatable bonds is 3. The Morgan fingerprint density at radius 2 is 1.83 bits per heavy atom. The quantitative estimate of drug-likeness (QED) is 0.624. The number of aromatic nitrogens is 2. The topological polar surface area (TPSA) is 72.0 Å². The maximum absolute atomic E-state index is 13.5. The average molecular weight is 397 g/mol. The lowest BCUT2D eigenvalue weighted by Crippen LogP contribution is -2.10. The molecule has 29 heavy (non-hydrogen) atoms. The zero-order valence-electron chi connectivity index (χ0n) is 15.6. The van der Waals surface area contributed by atoms with E-state index in [1.165, 1.54) is 13.0 Å². The molecule has 3 N–H and O–H groups in total. The summed E-state index contributed by atoms with van der Waals surface area (Å²) in [6.45, 7) is 1.30. The molecular formula is C22H18F3N3O. The van der Waals surface area contributed by atoms with Gasteiger partial charge in [-0.1, -0.05) is 11.6 Å². The van der Waals surface area contributed by atoms with Crippen molar-refractivity contribution in [2.24, 2.45) is 0 Å². The molecule has 0 spiro atoms. The van der Waals surface area contributed by atoms with E-state index in [0.717, 1.165) is 0 Å². The lowest BCUT2D eigenvalue weighted by atomic mass is 9.97. The lowest BCUT2D eigenvalue weighted by Gasteiger charge is -2.13. The first kappa shape index (κ1) is 19.1. The van der Waals surface area contributed by atoms with Gasteiger partial charge in [0.25, 0.3) is 0 Å². The van der Waals surface area contributed by atoms with E-state index in [4.69, 9.17) is 5.73 Å². The molecule has 0 bridgehead atoms. The minimum atomic E-state index is -4.43. The molecule has 1 aromatic carbocycles. The molecule has 0 amide bonds. The number of hydrogen-bond donors (Lipinski definition) is 2. The predicted molar refractivity (Wildman–Crippen MR) is 106 cm³/mol. The van der Waals surface area contributed by atoms with E-state index >= 15 is 0 Å². The van der Waals surface area contributed by atoms with Crippen LogP contribution in [0.3, 0.4) is 0 Å². The molecule has 7 heteroatoms. The monoisotopic (exact) mass is 397 g/mol. The fraction of sp³-hybridized carbons (Fsp3) is 0.182. The number of halogens is 3. The van der Waals surface area contributed by atoms with E-state index in [1.807, 2.05) is 0 Å². The van der Waals surface area contributed by atoms with Gasteiger partial charge in [-0.05, 0) is 42.8 Å². The number of pyridine rings is 2. The highest BCUT2D eigenvalue weighted by Gasteiger charge is 2.40. The number of aliphatic hydroxyl groups excluding tert-OH is 1. The maximum Gasteiger partial charge on any atom is 0.417 e. The van der Waals surface area contributed by atoms with E-state index in [0.29, 0.717) is 39.3 Å². The Labute approximate surface area is 165 Å². The van der Waals surface area contributed by atoms with Crippen molar-refractivity contribution >= 4 is 11.3 Å². The molecule has 0 aliphatic heterocycles. The highest BCUT2D eigenvalue weighted by molar-refractivity contribution is 5.83. The summed E-state index contributed by atoms with van der Waals surface area (Å²) >= 11 is 0. The van der Waals surface area contributed by atoms with Crippen LogP contribution in [-0.2, 0) is 13.0 Å². The van der Waals surface area contributed by atoms with Crippen molar-refractivity contribution in [2.45, 2.75) is 26.1 Å². The fourth-order valence-electron chi connectivity index (χ4n) is 3.75. The molecule has 0 fully saturated rings. The third kappa shape index (κ3) is 3.49. The first-order valence-corrected chi connectivity index (χ1v) is 9.00. The summed E-state index contributed by atoms with van der Waals surface area (Å²) in [5, 5.41) is 9.58. The van der Waals surface area contributed by atoms with Gasteiger partial charge in [-0.3, -0.25) is 9.97 Å². The zero-order valence-corrected chi connectivity index (χ0v) is 15.6. The van der Waals surface area contributed by atoms with E-state index in [-0.39, 0.29) is 24.2 Å². The van der Waals surface area contributed by atoms with Crippen molar-refractivity contribution in [1.29, 1.82) is 0 Å². The molecule has 0 atom stereocenters. The Bertz CT molecular complexity index is 1140. The molecule has 2 aromatic heterocycles. The largest absolute Gasteiger partial charge is 0.417 e. The van der Waals surface area contributed by atoms with Crippen LogP contribution in [-0.4, -0.2) is 21.3 Å². The van der Waals surface area contributed by atoms with E-state index in [2.05, 4.69) is 9.97 Å². The Hall–Kier alpha value is -3.19. The normalized spacial score (nSPS) is 13.7. The second-order valence-corrected chi connectivity index (χ2v) is 7.06. The van der Waals surface area contributed by atoms with Crippen LogP contribution in [0.4, 0.5) is 18.9 Å². The van der Waals surface area contributed by atoms with E-state index in [9.17, 15) is 18.3 Å². The number of hydrogen-bond acceptors (Lipinski definition) is 4. The molecule has 3 aromatic rings. The number of allylic oxidation sites excluding steroid dienone is 2. The maximum atomic E-state index is 13.5. The zero-order chi connectivity index (χ0) is 20.8. The van der Waals surface area contributed by atoms with Gasteiger partial charge in [0.15, 0.2) is 0 Å². The van der Waals surface area contributed by atoms with Gasteiger partial charge in [0, 0.05) is 46.8 Å². The number of nitrogens with two attached hydrogens (primary N) is 1. The molecule has 0 radical (unpaired) electrons. The van der Waals surface area contributed by atoms with Crippen LogP contribution in [0.5, 0.6) is 0 Å². The first-order valence-electron chi connectivity index (χ1n) is 9.00. The number of nitrogen functional groups attached to an aromatic ring is 1. The van der Waals surface area contributed by atoms with Crippen LogP contribution in [0.25, 0.3) is 28.0 Å². The van der Waals surface area contributed by atoms with Crippen molar-refractivity contribution in [3.63, 3.8) is 0 Å². The van der Waals surface area contributed by atoms with Crippen LogP contribution < -0.4 is 5.73 Å². The SMILES string of the molecule is CC1=C(C(F)(F)F)c2cc(-c3cc(N)cc(-c4ncccc4CO)c3)cnc2C1. The molecule has 1 aliphatic rings. The summed E-state index contributed by atoms with van der Waals surface area (Å²) < 4.78 is 40.6. The third-order valence-corrected chi connectivity index (χ3v) is 5.01. The van der Waals surface area contributed by atoms with Gasteiger partial charge in [-0.15, -0.1) is 0 Å². The van der Waals surface area contributed by atoms with E-state index < -0.39 is 11.7 Å². The Balaban J connectivity index is 1.84. The molecular weight excluding hydrogens is 379 g/mol. The number of anilines is 1. The summed E-state index contributed by atoms with van der Waals surface area (Å²) in [5.41, 5.74) is 9.75. The van der Waals surface area contributed by atoms with Crippen molar-refractivity contribution < 1.29 is 18.3 Å².